The van der Waals surface area contributed by atoms with E-state index in [4.69, 9.17) is 4.74 Å². The van der Waals surface area contributed by atoms with Gasteiger partial charge in [0, 0.05) is 0 Å². The topological polar surface area (TPSA) is 9.23 Å². The lowest BCUT2D eigenvalue weighted by Crippen LogP contribution is -2.15. The standard InChI is InChI=1S/C15H19FO/c1-2-13-14(16)9-6-10-15(13)17-11-12-7-4-3-5-8-12/h2,6,9-10,12H,1,3-5,7-8,11H2. The molecule has 0 N–H and O–H groups in total. The van der Waals surface area contributed by atoms with Gasteiger partial charge in [0.15, 0.2) is 0 Å². The van der Waals surface area contributed by atoms with E-state index in [0.29, 0.717) is 23.8 Å². The highest BCUT2D eigenvalue weighted by atomic mass is 19.1. The summed E-state index contributed by atoms with van der Waals surface area (Å²) in [4.78, 5) is 0. The zero-order chi connectivity index (χ0) is 12.1. The summed E-state index contributed by atoms with van der Waals surface area (Å²) in [7, 11) is 0. The maximum absolute atomic E-state index is 13.5. The van der Waals surface area contributed by atoms with Crippen LogP contribution in [0.15, 0.2) is 24.8 Å². The maximum Gasteiger partial charge on any atom is 0.134 e. The number of halogens is 1. The van der Waals surface area contributed by atoms with Crippen LogP contribution in [0.4, 0.5) is 4.39 Å². The van der Waals surface area contributed by atoms with Crippen LogP contribution < -0.4 is 4.74 Å². The Hall–Kier alpha value is -1.31. The van der Waals surface area contributed by atoms with Gasteiger partial charge in [-0.25, -0.2) is 4.39 Å². The van der Waals surface area contributed by atoms with Gasteiger partial charge in [0.1, 0.15) is 11.6 Å². The van der Waals surface area contributed by atoms with Gasteiger partial charge in [-0.2, -0.15) is 0 Å². The van der Waals surface area contributed by atoms with Crippen LogP contribution in [0, 0.1) is 11.7 Å². The van der Waals surface area contributed by atoms with Crippen LogP contribution in [0.3, 0.4) is 0 Å². The molecule has 0 unspecified atom stereocenters. The van der Waals surface area contributed by atoms with Gasteiger partial charge in [-0.05, 0) is 30.9 Å². The Kier molecular flexibility index (Phi) is 4.18. The fourth-order valence-corrected chi connectivity index (χ4v) is 2.40. The Morgan fingerprint density at radius 1 is 1.29 bits per heavy atom. The molecule has 0 atom stereocenters. The van der Waals surface area contributed by atoms with Crippen LogP contribution in [0.25, 0.3) is 6.08 Å². The first-order valence-electron chi connectivity index (χ1n) is 6.35. The number of hydrogen-bond donors (Lipinski definition) is 0. The lowest BCUT2D eigenvalue weighted by molar-refractivity contribution is 0.208. The van der Waals surface area contributed by atoms with E-state index in [0.717, 1.165) is 0 Å². The molecule has 1 nitrogen and oxygen atoms in total. The summed E-state index contributed by atoms with van der Waals surface area (Å²) in [5.74, 6) is 0.983. The molecule has 0 aromatic heterocycles. The van der Waals surface area contributed by atoms with E-state index in [1.165, 1.54) is 44.2 Å². The van der Waals surface area contributed by atoms with Gasteiger partial charge >= 0.3 is 0 Å². The average Bonchev–Trinajstić information content (AvgIpc) is 2.37. The molecule has 0 aliphatic heterocycles. The summed E-state index contributed by atoms with van der Waals surface area (Å²) in [6.07, 6.45) is 7.92. The van der Waals surface area contributed by atoms with Crippen LogP contribution in [-0.2, 0) is 0 Å². The SMILES string of the molecule is C=Cc1c(F)cccc1OCC1CCCCC1. The summed E-state index contributed by atoms with van der Waals surface area (Å²) >= 11 is 0. The fourth-order valence-electron chi connectivity index (χ4n) is 2.40. The minimum Gasteiger partial charge on any atom is -0.493 e. The molecule has 2 heteroatoms. The van der Waals surface area contributed by atoms with Crippen LogP contribution in [0.1, 0.15) is 37.7 Å². The third-order valence-corrected chi connectivity index (χ3v) is 3.42. The first-order valence-corrected chi connectivity index (χ1v) is 6.35. The van der Waals surface area contributed by atoms with Crippen LogP contribution >= 0.6 is 0 Å². The Balaban J connectivity index is 1.98. The maximum atomic E-state index is 13.5. The monoisotopic (exact) mass is 234 g/mol. The summed E-state index contributed by atoms with van der Waals surface area (Å²) < 4.78 is 19.2. The molecule has 1 aliphatic carbocycles. The first kappa shape index (κ1) is 12.2. The van der Waals surface area contributed by atoms with Crippen LogP contribution in [0.5, 0.6) is 5.75 Å². The summed E-state index contributed by atoms with van der Waals surface area (Å²) in [5.41, 5.74) is 0.475. The molecule has 1 aromatic carbocycles. The molecule has 1 aromatic rings. The molecule has 92 valence electrons. The molecule has 1 aliphatic rings. The number of rotatable bonds is 4. The fraction of sp³-hybridized carbons (Fsp3) is 0.467. The molecule has 0 radical (unpaired) electrons. The van der Waals surface area contributed by atoms with Crippen molar-refractivity contribution in [2.45, 2.75) is 32.1 Å². The molecule has 0 bridgehead atoms. The zero-order valence-electron chi connectivity index (χ0n) is 10.1. The summed E-state index contributed by atoms with van der Waals surface area (Å²) in [6.45, 7) is 4.33. The minimum atomic E-state index is -0.263. The Morgan fingerprint density at radius 2 is 2.06 bits per heavy atom. The van der Waals surface area contributed by atoms with Crippen molar-refractivity contribution in [1.29, 1.82) is 0 Å². The summed E-state index contributed by atoms with van der Waals surface area (Å²) in [5, 5.41) is 0. The normalized spacial score (nSPS) is 16.8. The van der Waals surface area contributed by atoms with Crippen molar-refractivity contribution >= 4 is 6.08 Å². The summed E-state index contributed by atoms with van der Waals surface area (Å²) in [6, 6.07) is 4.92. The molecular weight excluding hydrogens is 215 g/mol. The van der Waals surface area contributed by atoms with Gasteiger partial charge in [0.2, 0.25) is 0 Å². The van der Waals surface area contributed by atoms with Gasteiger partial charge in [-0.1, -0.05) is 38.0 Å². The predicted molar refractivity (Wildman–Crippen MR) is 68.6 cm³/mol. The van der Waals surface area contributed by atoms with E-state index >= 15 is 0 Å². The molecule has 0 saturated heterocycles. The van der Waals surface area contributed by atoms with Crippen molar-refractivity contribution < 1.29 is 9.13 Å². The number of hydrogen-bond acceptors (Lipinski definition) is 1. The Labute approximate surface area is 102 Å². The largest absolute Gasteiger partial charge is 0.493 e. The van der Waals surface area contributed by atoms with E-state index < -0.39 is 0 Å². The molecule has 2 rings (SSSR count). The van der Waals surface area contributed by atoms with Crippen LogP contribution in [0.2, 0.25) is 0 Å². The number of ether oxygens (including phenoxy) is 1. The zero-order valence-corrected chi connectivity index (χ0v) is 10.1. The van der Waals surface area contributed by atoms with Gasteiger partial charge in [-0.15, -0.1) is 0 Å². The highest BCUT2D eigenvalue weighted by Crippen LogP contribution is 2.27. The van der Waals surface area contributed by atoms with Gasteiger partial charge < -0.3 is 4.74 Å². The molecule has 0 amide bonds. The van der Waals surface area contributed by atoms with Crippen molar-refractivity contribution in [3.63, 3.8) is 0 Å². The molecular formula is C15H19FO. The highest BCUT2D eigenvalue weighted by Gasteiger charge is 2.15. The third-order valence-electron chi connectivity index (χ3n) is 3.42. The van der Waals surface area contributed by atoms with Gasteiger partial charge in [0.05, 0.1) is 12.2 Å². The van der Waals surface area contributed by atoms with Crippen molar-refractivity contribution in [3.8, 4) is 5.75 Å². The molecule has 0 spiro atoms. The second kappa shape index (κ2) is 5.85. The minimum absolute atomic E-state index is 0.263. The molecule has 1 fully saturated rings. The molecule has 1 saturated carbocycles. The van der Waals surface area contributed by atoms with E-state index in [9.17, 15) is 4.39 Å². The van der Waals surface area contributed by atoms with Crippen molar-refractivity contribution in [1.82, 2.24) is 0 Å². The lowest BCUT2D eigenvalue weighted by atomic mass is 9.90. The Morgan fingerprint density at radius 3 is 2.76 bits per heavy atom. The highest BCUT2D eigenvalue weighted by molar-refractivity contribution is 5.56. The Bertz CT molecular complexity index is 381. The van der Waals surface area contributed by atoms with E-state index in [1.54, 1.807) is 6.07 Å². The second-order valence-electron chi connectivity index (χ2n) is 4.67. The van der Waals surface area contributed by atoms with Crippen LogP contribution in [-0.4, -0.2) is 6.61 Å². The molecule has 17 heavy (non-hydrogen) atoms. The van der Waals surface area contributed by atoms with E-state index in [2.05, 4.69) is 6.58 Å². The lowest BCUT2D eigenvalue weighted by Gasteiger charge is -2.22. The smallest absolute Gasteiger partial charge is 0.134 e. The van der Waals surface area contributed by atoms with Gasteiger partial charge in [-0.3, -0.25) is 0 Å². The molecule has 0 heterocycles. The van der Waals surface area contributed by atoms with Gasteiger partial charge in [0.25, 0.3) is 0 Å². The van der Waals surface area contributed by atoms with Crippen molar-refractivity contribution in [2.24, 2.45) is 5.92 Å². The average molecular weight is 234 g/mol. The predicted octanol–water partition coefficient (Wildman–Crippen LogP) is 4.43. The van der Waals surface area contributed by atoms with Crippen molar-refractivity contribution in [2.75, 3.05) is 6.61 Å². The number of benzene rings is 1. The van der Waals surface area contributed by atoms with Crippen molar-refractivity contribution in [3.05, 3.63) is 36.2 Å². The first-order chi connectivity index (χ1) is 8.31. The third kappa shape index (κ3) is 3.09. The quantitative estimate of drug-likeness (QED) is 0.749. The second-order valence-corrected chi connectivity index (χ2v) is 4.67. The van der Waals surface area contributed by atoms with E-state index in [-0.39, 0.29) is 5.82 Å². The van der Waals surface area contributed by atoms with E-state index in [1.807, 2.05) is 6.07 Å².